The zero-order valence-electron chi connectivity index (χ0n) is 9.48. The number of carbonyl (C=O) groups excluding carboxylic acids is 1. The maximum absolute atomic E-state index is 11.3. The monoisotopic (exact) mass is 252 g/mol. The first-order valence-electron chi connectivity index (χ1n) is 5.32. The number of rotatable bonds is 4. The van der Waals surface area contributed by atoms with Gasteiger partial charge in [-0.1, -0.05) is 0 Å². The summed E-state index contributed by atoms with van der Waals surface area (Å²) >= 11 is 5.85. The Morgan fingerprint density at radius 3 is 3.12 bits per heavy atom. The topological polar surface area (TPSA) is 59.8 Å². The number of hydrogen-bond donors (Lipinski definition) is 1. The summed E-state index contributed by atoms with van der Waals surface area (Å²) in [5.41, 5.74) is 1.76. The number of hydrogen-bond acceptors (Lipinski definition) is 3. The Bertz CT molecular complexity index is 537. The highest BCUT2D eigenvalue weighted by molar-refractivity contribution is 6.16. The van der Waals surface area contributed by atoms with Gasteiger partial charge in [0.15, 0.2) is 0 Å². The Hall–Kier alpha value is -1.62. The van der Waals surface area contributed by atoms with Crippen molar-refractivity contribution in [2.75, 3.05) is 7.05 Å². The van der Waals surface area contributed by atoms with Crippen molar-refractivity contribution in [2.45, 2.75) is 18.8 Å². The summed E-state index contributed by atoms with van der Waals surface area (Å²) in [5, 5.41) is 2.59. The molecular formula is C11H13ClN4O. The van der Waals surface area contributed by atoms with E-state index in [-0.39, 0.29) is 5.91 Å². The zero-order chi connectivity index (χ0) is 12.3. The predicted octanol–water partition coefficient (Wildman–Crippen LogP) is 1.31. The molecule has 5 nitrogen and oxygen atoms in total. The van der Waals surface area contributed by atoms with Gasteiger partial charge >= 0.3 is 0 Å². The highest BCUT2D eigenvalue weighted by Crippen LogP contribution is 2.16. The van der Waals surface area contributed by atoms with Crippen LogP contribution in [0.5, 0.6) is 0 Å². The van der Waals surface area contributed by atoms with Gasteiger partial charge in [-0.3, -0.25) is 9.78 Å². The van der Waals surface area contributed by atoms with Crippen LogP contribution in [0.3, 0.4) is 0 Å². The number of fused-ring (bicyclic) bond motifs is 1. The summed E-state index contributed by atoms with van der Waals surface area (Å²) in [6, 6.07) is 1.88. The van der Waals surface area contributed by atoms with Gasteiger partial charge in [-0.15, -0.1) is 11.6 Å². The van der Waals surface area contributed by atoms with Crippen molar-refractivity contribution in [3.8, 4) is 0 Å². The fourth-order valence-corrected chi connectivity index (χ4v) is 1.93. The number of pyridine rings is 1. The summed E-state index contributed by atoms with van der Waals surface area (Å²) in [6.45, 7) is 0.572. The standard InChI is InChI=1S/C11H13ClN4O/c1-13-11(17)3-5-16-9-2-4-14-7-8(9)15-10(16)6-12/h2,4,7H,3,5-6H2,1H3,(H,13,17). The van der Waals surface area contributed by atoms with Crippen molar-refractivity contribution >= 4 is 28.5 Å². The first kappa shape index (κ1) is 11.9. The fraction of sp³-hybridized carbons (Fsp3) is 0.364. The lowest BCUT2D eigenvalue weighted by Gasteiger charge is -2.06. The molecule has 0 aliphatic carbocycles. The Morgan fingerprint density at radius 1 is 1.59 bits per heavy atom. The third-order valence-electron chi connectivity index (χ3n) is 2.59. The van der Waals surface area contributed by atoms with E-state index in [1.54, 1.807) is 19.4 Å². The molecule has 0 fully saturated rings. The second kappa shape index (κ2) is 5.14. The summed E-state index contributed by atoms with van der Waals surface area (Å²) in [4.78, 5) is 19.6. The third kappa shape index (κ3) is 2.39. The van der Waals surface area contributed by atoms with E-state index in [1.165, 1.54) is 0 Å². The van der Waals surface area contributed by atoms with Crippen molar-refractivity contribution in [3.05, 3.63) is 24.3 Å². The average Bonchev–Trinajstić information content (AvgIpc) is 2.73. The molecule has 1 amide bonds. The van der Waals surface area contributed by atoms with E-state index >= 15 is 0 Å². The Labute approximate surface area is 104 Å². The van der Waals surface area contributed by atoms with Crippen LogP contribution in [0.2, 0.25) is 0 Å². The largest absolute Gasteiger partial charge is 0.359 e. The summed E-state index contributed by atoms with van der Waals surface area (Å²) in [6.07, 6.45) is 3.81. The van der Waals surface area contributed by atoms with Gasteiger partial charge in [-0.2, -0.15) is 0 Å². The molecule has 0 saturated carbocycles. The molecule has 0 saturated heterocycles. The molecule has 0 aliphatic rings. The number of nitrogens with zero attached hydrogens (tertiary/aromatic N) is 3. The van der Waals surface area contributed by atoms with E-state index in [9.17, 15) is 4.79 Å². The van der Waals surface area contributed by atoms with Gasteiger partial charge in [0.25, 0.3) is 0 Å². The van der Waals surface area contributed by atoms with E-state index in [2.05, 4.69) is 15.3 Å². The number of halogens is 1. The van der Waals surface area contributed by atoms with Gasteiger partial charge in [0.2, 0.25) is 5.91 Å². The van der Waals surface area contributed by atoms with Crippen molar-refractivity contribution in [1.82, 2.24) is 19.9 Å². The van der Waals surface area contributed by atoms with Crippen LogP contribution in [-0.4, -0.2) is 27.5 Å². The molecule has 0 aromatic carbocycles. The molecule has 0 spiro atoms. The van der Waals surface area contributed by atoms with E-state index < -0.39 is 0 Å². The molecule has 1 N–H and O–H groups in total. The number of aryl methyl sites for hydroxylation is 1. The van der Waals surface area contributed by atoms with Crippen molar-refractivity contribution in [2.24, 2.45) is 0 Å². The molecule has 90 valence electrons. The quantitative estimate of drug-likeness (QED) is 0.835. The summed E-state index contributed by atoms with van der Waals surface area (Å²) in [7, 11) is 1.63. The van der Waals surface area contributed by atoms with E-state index in [4.69, 9.17) is 11.6 Å². The van der Waals surface area contributed by atoms with Gasteiger partial charge in [0, 0.05) is 26.2 Å². The first-order valence-corrected chi connectivity index (χ1v) is 5.85. The number of carbonyl (C=O) groups is 1. The fourth-order valence-electron chi connectivity index (χ4n) is 1.72. The van der Waals surface area contributed by atoms with Crippen molar-refractivity contribution in [3.63, 3.8) is 0 Å². The van der Waals surface area contributed by atoms with Crippen LogP contribution in [0.4, 0.5) is 0 Å². The molecule has 17 heavy (non-hydrogen) atoms. The molecule has 2 aromatic heterocycles. The number of imidazole rings is 1. The Balaban J connectivity index is 2.33. The predicted molar refractivity (Wildman–Crippen MR) is 65.8 cm³/mol. The lowest BCUT2D eigenvalue weighted by Crippen LogP contribution is -2.19. The van der Waals surface area contributed by atoms with Crippen molar-refractivity contribution in [1.29, 1.82) is 0 Å². The zero-order valence-corrected chi connectivity index (χ0v) is 10.2. The minimum absolute atomic E-state index is 0.00132. The lowest BCUT2D eigenvalue weighted by molar-refractivity contribution is -0.120. The Morgan fingerprint density at radius 2 is 2.41 bits per heavy atom. The molecule has 0 radical (unpaired) electrons. The second-order valence-corrected chi connectivity index (χ2v) is 3.87. The smallest absolute Gasteiger partial charge is 0.221 e. The highest BCUT2D eigenvalue weighted by atomic mass is 35.5. The number of aromatic nitrogens is 3. The molecule has 2 aromatic rings. The summed E-state index contributed by atoms with van der Waals surface area (Å²) < 4.78 is 1.96. The van der Waals surface area contributed by atoms with Gasteiger partial charge in [-0.05, 0) is 6.07 Å². The van der Waals surface area contributed by atoms with Crippen LogP contribution in [-0.2, 0) is 17.2 Å². The molecule has 0 aliphatic heterocycles. The average molecular weight is 253 g/mol. The third-order valence-corrected chi connectivity index (χ3v) is 2.83. The van der Waals surface area contributed by atoms with E-state index in [0.717, 1.165) is 16.9 Å². The maximum atomic E-state index is 11.3. The molecule has 0 atom stereocenters. The van der Waals surface area contributed by atoms with Gasteiger partial charge in [0.1, 0.15) is 11.3 Å². The summed E-state index contributed by atoms with van der Waals surface area (Å²) in [5.74, 6) is 1.09. The number of amides is 1. The van der Waals surface area contributed by atoms with Gasteiger partial charge in [0.05, 0.1) is 17.6 Å². The SMILES string of the molecule is CNC(=O)CCn1c(CCl)nc2cnccc21. The molecule has 0 unspecified atom stereocenters. The normalized spacial score (nSPS) is 10.7. The van der Waals surface area contributed by atoms with Crippen molar-refractivity contribution < 1.29 is 4.79 Å². The molecule has 2 heterocycles. The highest BCUT2D eigenvalue weighted by Gasteiger charge is 2.10. The molecular weight excluding hydrogens is 240 g/mol. The van der Waals surface area contributed by atoms with Crippen LogP contribution < -0.4 is 5.32 Å². The number of alkyl halides is 1. The van der Waals surface area contributed by atoms with Crippen LogP contribution in [0, 0.1) is 0 Å². The minimum atomic E-state index is 0.00132. The van der Waals surface area contributed by atoms with Crippen LogP contribution in [0.15, 0.2) is 18.5 Å². The minimum Gasteiger partial charge on any atom is -0.359 e. The molecule has 6 heteroatoms. The van der Waals surface area contributed by atoms with Crippen LogP contribution in [0.1, 0.15) is 12.2 Å². The van der Waals surface area contributed by atoms with Gasteiger partial charge < -0.3 is 9.88 Å². The maximum Gasteiger partial charge on any atom is 0.221 e. The number of nitrogens with one attached hydrogen (secondary N) is 1. The second-order valence-electron chi connectivity index (χ2n) is 3.60. The van der Waals surface area contributed by atoms with E-state index in [0.29, 0.717) is 18.8 Å². The van der Waals surface area contributed by atoms with Crippen LogP contribution >= 0.6 is 11.6 Å². The molecule has 0 bridgehead atoms. The first-order chi connectivity index (χ1) is 8.26. The van der Waals surface area contributed by atoms with E-state index in [1.807, 2.05) is 10.6 Å². The lowest BCUT2D eigenvalue weighted by atomic mass is 10.3. The Kier molecular flexibility index (Phi) is 3.58. The van der Waals surface area contributed by atoms with Crippen LogP contribution in [0.25, 0.3) is 11.0 Å². The molecule has 2 rings (SSSR count). The van der Waals surface area contributed by atoms with Gasteiger partial charge in [-0.25, -0.2) is 4.98 Å².